The number of aliphatic hydroxyl groups is 1. The van der Waals surface area contributed by atoms with E-state index >= 15 is 0 Å². The summed E-state index contributed by atoms with van der Waals surface area (Å²) in [5.41, 5.74) is -1.89. The average molecular weight is 308 g/mol. The molecule has 4 heteroatoms. The largest absolute Gasteiger partial charge is 0.482 e. The summed E-state index contributed by atoms with van der Waals surface area (Å²) >= 11 is 0. The first kappa shape index (κ1) is 15.1. The highest BCUT2D eigenvalue weighted by atomic mass is 16.6. The Bertz CT molecular complexity index is 722. The molecule has 0 aromatic heterocycles. The molecule has 0 aliphatic heterocycles. The van der Waals surface area contributed by atoms with E-state index in [9.17, 15) is 9.90 Å². The van der Waals surface area contributed by atoms with Crippen molar-refractivity contribution < 1.29 is 19.4 Å². The van der Waals surface area contributed by atoms with E-state index in [-0.39, 0.29) is 0 Å². The summed E-state index contributed by atoms with van der Waals surface area (Å²) in [5, 5.41) is 10.8. The molecule has 2 aromatic rings. The number of rotatable bonds is 4. The SMILES string of the molecule is O=C(Oc1ccccc1)C1(O)C=CC=CC1Oc1ccccc1. The van der Waals surface area contributed by atoms with Crippen LogP contribution in [0.5, 0.6) is 11.5 Å². The number of para-hydroxylation sites is 2. The van der Waals surface area contributed by atoms with E-state index < -0.39 is 17.7 Å². The van der Waals surface area contributed by atoms with Gasteiger partial charge in [0.25, 0.3) is 0 Å². The van der Waals surface area contributed by atoms with Gasteiger partial charge in [-0.3, -0.25) is 0 Å². The van der Waals surface area contributed by atoms with E-state index in [0.29, 0.717) is 11.5 Å². The zero-order chi connectivity index (χ0) is 16.1. The maximum atomic E-state index is 12.5. The highest BCUT2D eigenvalue weighted by Gasteiger charge is 2.45. The summed E-state index contributed by atoms with van der Waals surface area (Å²) in [4.78, 5) is 12.5. The predicted octanol–water partition coefficient (Wildman–Crippen LogP) is 2.90. The Morgan fingerprint density at radius 1 is 0.913 bits per heavy atom. The topological polar surface area (TPSA) is 55.8 Å². The van der Waals surface area contributed by atoms with E-state index in [2.05, 4.69) is 0 Å². The molecule has 0 bridgehead atoms. The van der Waals surface area contributed by atoms with Crippen LogP contribution in [0.1, 0.15) is 0 Å². The normalized spacial score (nSPS) is 22.6. The maximum Gasteiger partial charge on any atom is 0.351 e. The predicted molar refractivity (Wildman–Crippen MR) is 86.2 cm³/mol. The second-order valence-electron chi connectivity index (χ2n) is 5.12. The summed E-state index contributed by atoms with van der Waals surface area (Å²) in [6.07, 6.45) is 5.45. The van der Waals surface area contributed by atoms with Crippen molar-refractivity contribution in [2.24, 2.45) is 0 Å². The Morgan fingerprint density at radius 2 is 1.52 bits per heavy atom. The fourth-order valence-corrected chi connectivity index (χ4v) is 2.25. The van der Waals surface area contributed by atoms with E-state index in [1.54, 1.807) is 54.6 Å². The lowest BCUT2D eigenvalue weighted by Crippen LogP contribution is -2.52. The van der Waals surface area contributed by atoms with E-state index in [1.165, 1.54) is 6.08 Å². The summed E-state index contributed by atoms with van der Waals surface area (Å²) < 4.78 is 11.0. The third kappa shape index (κ3) is 3.33. The summed E-state index contributed by atoms with van der Waals surface area (Å²) in [6.45, 7) is 0. The molecule has 2 unspecified atom stereocenters. The van der Waals surface area contributed by atoms with Crippen LogP contribution < -0.4 is 9.47 Å². The van der Waals surface area contributed by atoms with Gasteiger partial charge in [0, 0.05) is 0 Å². The van der Waals surface area contributed by atoms with Crippen LogP contribution in [0, 0.1) is 0 Å². The van der Waals surface area contributed by atoms with Crippen LogP contribution in [0.2, 0.25) is 0 Å². The van der Waals surface area contributed by atoms with Crippen LogP contribution in [0.15, 0.2) is 85.0 Å². The van der Waals surface area contributed by atoms with Gasteiger partial charge in [-0.2, -0.15) is 0 Å². The first-order valence-electron chi connectivity index (χ1n) is 7.26. The van der Waals surface area contributed by atoms with Crippen molar-refractivity contribution in [1.29, 1.82) is 0 Å². The van der Waals surface area contributed by atoms with Crippen molar-refractivity contribution >= 4 is 5.97 Å². The minimum absolute atomic E-state index is 0.368. The van der Waals surface area contributed by atoms with Gasteiger partial charge in [-0.1, -0.05) is 48.6 Å². The zero-order valence-corrected chi connectivity index (χ0v) is 12.3. The fourth-order valence-electron chi connectivity index (χ4n) is 2.25. The lowest BCUT2D eigenvalue weighted by atomic mass is 9.92. The number of esters is 1. The molecular weight excluding hydrogens is 292 g/mol. The van der Waals surface area contributed by atoms with Crippen molar-refractivity contribution in [1.82, 2.24) is 0 Å². The molecule has 0 amide bonds. The van der Waals surface area contributed by atoms with Crippen molar-refractivity contribution in [3.05, 3.63) is 85.0 Å². The standard InChI is InChI=1S/C19H16O4/c20-18(23-16-11-5-2-6-12-16)19(21)14-8-7-13-17(19)22-15-9-3-1-4-10-15/h1-14,17,21H. The third-order valence-corrected chi connectivity index (χ3v) is 3.47. The van der Waals surface area contributed by atoms with Gasteiger partial charge in [-0.15, -0.1) is 0 Å². The second-order valence-corrected chi connectivity index (χ2v) is 5.12. The Kier molecular flexibility index (Phi) is 4.26. The second kappa shape index (κ2) is 6.50. The molecule has 0 fully saturated rings. The molecule has 3 rings (SSSR count). The summed E-state index contributed by atoms with van der Waals surface area (Å²) in [6, 6.07) is 17.6. The average Bonchev–Trinajstić information content (AvgIpc) is 2.59. The molecule has 1 aliphatic rings. The molecule has 116 valence electrons. The summed E-state index contributed by atoms with van der Waals surface area (Å²) in [7, 11) is 0. The molecule has 1 N–H and O–H groups in total. The minimum Gasteiger partial charge on any atom is -0.482 e. The molecule has 23 heavy (non-hydrogen) atoms. The van der Waals surface area contributed by atoms with Crippen LogP contribution in [0.3, 0.4) is 0 Å². The highest BCUT2D eigenvalue weighted by Crippen LogP contribution is 2.26. The number of benzene rings is 2. The summed E-state index contributed by atoms with van der Waals surface area (Å²) in [5.74, 6) is 0.140. The van der Waals surface area contributed by atoms with Crippen LogP contribution in [-0.4, -0.2) is 22.8 Å². The zero-order valence-electron chi connectivity index (χ0n) is 12.3. The first-order valence-corrected chi connectivity index (χ1v) is 7.26. The first-order chi connectivity index (χ1) is 11.2. The number of carbonyl (C=O) groups excluding carboxylic acids is 1. The molecule has 2 atom stereocenters. The number of ether oxygens (including phenoxy) is 2. The highest BCUT2D eigenvalue weighted by molar-refractivity contribution is 5.85. The molecule has 0 radical (unpaired) electrons. The van der Waals surface area contributed by atoms with Gasteiger partial charge in [0.1, 0.15) is 11.5 Å². The Labute approximate surface area is 134 Å². The van der Waals surface area contributed by atoms with Crippen molar-refractivity contribution in [2.45, 2.75) is 11.7 Å². The van der Waals surface area contributed by atoms with Gasteiger partial charge in [-0.05, 0) is 36.4 Å². The van der Waals surface area contributed by atoms with Gasteiger partial charge in [0.2, 0.25) is 5.60 Å². The van der Waals surface area contributed by atoms with Gasteiger partial charge in [-0.25, -0.2) is 4.79 Å². The molecule has 0 saturated heterocycles. The van der Waals surface area contributed by atoms with Crippen molar-refractivity contribution in [3.8, 4) is 11.5 Å². The van der Waals surface area contributed by atoms with Crippen molar-refractivity contribution in [3.63, 3.8) is 0 Å². The van der Waals surface area contributed by atoms with Crippen LogP contribution >= 0.6 is 0 Å². The van der Waals surface area contributed by atoms with Gasteiger partial charge < -0.3 is 14.6 Å². The van der Waals surface area contributed by atoms with Gasteiger partial charge in [0.15, 0.2) is 6.10 Å². The molecular formula is C19H16O4. The van der Waals surface area contributed by atoms with E-state index in [4.69, 9.17) is 9.47 Å². The number of hydrogen-bond donors (Lipinski definition) is 1. The molecule has 0 spiro atoms. The monoisotopic (exact) mass is 308 g/mol. The van der Waals surface area contributed by atoms with Crippen LogP contribution in [-0.2, 0) is 4.79 Å². The molecule has 2 aromatic carbocycles. The maximum absolute atomic E-state index is 12.5. The smallest absolute Gasteiger partial charge is 0.351 e. The molecule has 1 aliphatic carbocycles. The van der Waals surface area contributed by atoms with E-state index in [0.717, 1.165) is 0 Å². The number of carbonyl (C=O) groups is 1. The number of hydrogen-bond acceptors (Lipinski definition) is 4. The number of allylic oxidation sites excluding steroid dienone is 2. The van der Waals surface area contributed by atoms with Gasteiger partial charge in [0.05, 0.1) is 0 Å². The van der Waals surface area contributed by atoms with Crippen LogP contribution in [0.25, 0.3) is 0 Å². The Hall–Kier alpha value is -2.85. The van der Waals surface area contributed by atoms with Crippen LogP contribution in [0.4, 0.5) is 0 Å². The van der Waals surface area contributed by atoms with Crippen molar-refractivity contribution in [2.75, 3.05) is 0 Å². The Balaban J connectivity index is 1.80. The lowest BCUT2D eigenvalue weighted by molar-refractivity contribution is -0.156. The minimum atomic E-state index is -1.89. The lowest BCUT2D eigenvalue weighted by Gasteiger charge is -2.31. The quantitative estimate of drug-likeness (QED) is 0.697. The van der Waals surface area contributed by atoms with E-state index in [1.807, 2.05) is 24.3 Å². The van der Waals surface area contributed by atoms with Gasteiger partial charge >= 0.3 is 5.97 Å². The molecule has 0 saturated carbocycles. The fraction of sp³-hybridized carbons (Fsp3) is 0.105. The third-order valence-electron chi connectivity index (χ3n) is 3.47. The molecule has 4 nitrogen and oxygen atoms in total. The molecule has 0 heterocycles. The Morgan fingerprint density at radius 3 is 2.17 bits per heavy atom.